The first kappa shape index (κ1) is 17.2. The van der Waals surface area contributed by atoms with Crippen molar-refractivity contribution in [3.05, 3.63) is 0 Å². The zero-order valence-corrected chi connectivity index (χ0v) is 14.7. The number of hydrogen-bond acceptors (Lipinski definition) is 4. The summed E-state index contributed by atoms with van der Waals surface area (Å²) in [5.41, 5.74) is 0.176. The molecule has 0 aromatic carbocycles. The number of rotatable bonds is 6. The summed E-state index contributed by atoms with van der Waals surface area (Å²) in [5, 5.41) is 3.65. The van der Waals surface area contributed by atoms with Crippen molar-refractivity contribution in [2.75, 3.05) is 24.7 Å². The second-order valence-corrected chi connectivity index (χ2v) is 10.1. The van der Waals surface area contributed by atoms with E-state index in [2.05, 4.69) is 33.0 Å². The fourth-order valence-electron chi connectivity index (χ4n) is 3.28. The van der Waals surface area contributed by atoms with Crippen molar-refractivity contribution < 1.29 is 13.2 Å². The van der Waals surface area contributed by atoms with Crippen LogP contribution >= 0.6 is 0 Å². The van der Waals surface area contributed by atoms with Crippen LogP contribution in [-0.2, 0) is 14.6 Å². The van der Waals surface area contributed by atoms with Gasteiger partial charge in [0.1, 0.15) is 9.84 Å². The van der Waals surface area contributed by atoms with Crippen molar-refractivity contribution in [2.24, 2.45) is 17.3 Å². The van der Waals surface area contributed by atoms with Crippen molar-refractivity contribution in [3.63, 3.8) is 0 Å². The molecule has 2 rings (SSSR count). The van der Waals surface area contributed by atoms with Gasteiger partial charge in [-0.25, -0.2) is 8.42 Å². The summed E-state index contributed by atoms with van der Waals surface area (Å²) in [4.78, 5) is 0. The fourth-order valence-corrected chi connectivity index (χ4v) is 4.86. The van der Waals surface area contributed by atoms with E-state index in [9.17, 15) is 8.42 Å². The van der Waals surface area contributed by atoms with E-state index in [1.165, 1.54) is 0 Å². The third-order valence-electron chi connectivity index (χ3n) is 5.14. The normalized spacial score (nSPS) is 32.0. The maximum atomic E-state index is 11.4. The molecule has 2 atom stereocenters. The molecular formula is C16H31NO3S. The fraction of sp³-hybridized carbons (Fsp3) is 1.00. The maximum absolute atomic E-state index is 11.4. The van der Waals surface area contributed by atoms with Crippen LogP contribution in [0.5, 0.6) is 0 Å². The van der Waals surface area contributed by atoms with E-state index < -0.39 is 9.84 Å². The van der Waals surface area contributed by atoms with Gasteiger partial charge in [-0.05, 0) is 37.6 Å². The molecule has 0 radical (unpaired) electrons. The van der Waals surface area contributed by atoms with E-state index in [1.807, 2.05) is 0 Å². The zero-order valence-electron chi connectivity index (χ0n) is 13.9. The topological polar surface area (TPSA) is 55.4 Å². The highest BCUT2D eigenvalue weighted by molar-refractivity contribution is 7.91. The van der Waals surface area contributed by atoms with Crippen LogP contribution in [0.3, 0.4) is 0 Å². The molecule has 124 valence electrons. The second kappa shape index (κ2) is 6.55. The molecule has 21 heavy (non-hydrogen) atoms. The molecule has 1 saturated heterocycles. The minimum absolute atomic E-state index is 0.176. The molecule has 2 unspecified atom stereocenters. The van der Waals surface area contributed by atoms with E-state index in [1.54, 1.807) is 0 Å². The van der Waals surface area contributed by atoms with Gasteiger partial charge in [0.25, 0.3) is 0 Å². The molecule has 1 N–H and O–H groups in total. The average molecular weight is 317 g/mol. The summed E-state index contributed by atoms with van der Waals surface area (Å²) in [6.07, 6.45) is 3.06. The molecule has 0 aromatic rings. The quantitative estimate of drug-likeness (QED) is 0.816. The van der Waals surface area contributed by atoms with Gasteiger partial charge in [0.15, 0.2) is 0 Å². The maximum Gasteiger partial charge on any atom is 0.150 e. The highest BCUT2D eigenvalue weighted by atomic mass is 32.2. The summed E-state index contributed by atoms with van der Waals surface area (Å²) >= 11 is 0. The predicted molar refractivity (Wildman–Crippen MR) is 86.1 cm³/mol. The first-order chi connectivity index (χ1) is 9.71. The summed E-state index contributed by atoms with van der Waals surface area (Å²) < 4.78 is 28.9. The first-order valence-corrected chi connectivity index (χ1v) is 10.1. The van der Waals surface area contributed by atoms with E-state index in [-0.39, 0.29) is 5.41 Å². The largest absolute Gasteiger partial charge is 0.377 e. The Morgan fingerprint density at radius 2 is 1.86 bits per heavy atom. The van der Waals surface area contributed by atoms with Gasteiger partial charge >= 0.3 is 0 Å². The van der Waals surface area contributed by atoms with Gasteiger partial charge in [-0.15, -0.1) is 0 Å². The van der Waals surface area contributed by atoms with Gasteiger partial charge in [-0.1, -0.05) is 27.7 Å². The van der Waals surface area contributed by atoms with Gasteiger partial charge < -0.3 is 10.1 Å². The second-order valence-electron chi connectivity index (χ2n) is 7.83. The van der Waals surface area contributed by atoms with Crippen LogP contribution in [-0.4, -0.2) is 45.2 Å². The van der Waals surface area contributed by atoms with Crippen molar-refractivity contribution in [1.82, 2.24) is 5.32 Å². The van der Waals surface area contributed by atoms with Crippen LogP contribution in [0.1, 0.15) is 47.0 Å². The average Bonchev–Trinajstić information content (AvgIpc) is 2.38. The van der Waals surface area contributed by atoms with Gasteiger partial charge in [-0.2, -0.15) is 0 Å². The Bertz CT molecular complexity index is 430. The Balaban J connectivity index is 1.71. The smallest absolute Gasteiger partial charge is 0.150 e. The Labute approximate surface area is 129 Å². The molecule has 1 saturated carbocycles. The predicted octanol–water partition coefficient (Wildman–Crippen LogP) is 2.24. The molecule has 2 fully saturated rings. The Hall–Kier alpha value is -0.130. The molecule has 0 amide bonds. The van der Waals surface area contributed by atoms with Crippen molar-refractivity contribution >= 4 is 9.84 Å². The minimum Gasteiger partial charge on any atom is -0.377 e. The molecule has 1 aliphatic carbocycles. The van der Waals surface area contributed by atoms with Gasteiger partial charge in [0, 0.05) is 18.1 Å². The van der Waals surface area contributed by atoms with E-state index in [0.29, 0.717) is 35.5 Å². The molecule has 0 bridgehead atoms. The molecule has 1 heterocycles. The van der Waals surface area contributed by atoms with Crippen LogP contribution in [0, 0.1) is 17.3 Å². The molecule has 0 aromatic heterocycles. The highest BCUT2D eigenvalue weighted by Crippen LogP contribution is 2.43. The third kappa shape index (κ3) is 4.42. The van der Waals surface area contributed by atoms with Crippen LogP contribution in [0.25, 0.3) is 0 Å². The lowest BCUT2D eigenvalue weighted by Gasteiger charge is -2.52. The van der Waals surface area contributed by atoms with Crippen LogP contribution in [0.2, 0.25) is 0 Å². The number of hydrogen-bond donors (Lipinski definition) is 1. The Morgan fingerprint density at radius 3 is 2.38 bits per heavy atom. The van der Waals surface area contributed by atoms with Crippen molar-refractivity contribution in [2.45, 2.75) is 59.1 Å². The Morgan fingerprint density at radius 1 is 1.24 bits per heavy atom. The molecule has 4 nitrogen and oxygen atoms in total. The first-order valence-electron chi connectivity index (χ1n) is 8.26. The van der Waals surface area contributed by atoms with E-state index in [4.69, 9.17) is 4.74 Å². The highest BCUT2D eigenvalue weighted by Gasteiger charge is 2.48. The van der Waals surface area contributed by atoms with Crippen LogP contribution in [0.4, 0.5) is 0 Å². The third-order valence-corrected chi connectivity index (χ3v) is 6.85. The SMILES string of the molecule is CC(C)COC1CC(NCC2CCS(=O)(=O)CC2)C1(C)C. The standard InChI is InChI=1S/C16H31NO3S/c1-12(2)11-20-15-9-14(16(15,3)4)17-10-13-5-7-21(18,19)8-6-13/h12-15,17H,5-11H2,1-4H3. The molecule has 2 aliphatic rings. The van der Waals surface area contributed by atoms with Crippen molar-refractivity contribution in [1.29, 1.82) is 0 Å². The summed E-state index contributed by atoms with van der Waals surface area (Å²) in [7, 11) is -2.74. The monoisotopic (exact) mass is 317 g/mol. The molecule has 0 spiro atoms. The molecule has 5 heteroatoms. The summed E-state index contributed by atoms with van der Waals surface area (Å²) in [5.74, 6) is 1.83. The van der Waals surface area contributed by atoms with Crippen molar-refractivity contribution in [3.8, 4) is 0 Å². The Kier molecular flexibility index (Phi) is 5.37. The van der Waals surface area contributed by atoms with Crippen LogP contribution in [0.15, 0.2) is 0 Å². The van der Waals surface area contributed by atoms with Gasteiger partial charge in [0.2, 0.25) is 0 Å². The molecular weight excluding hydrogens is 286 g/mol. The van der Waals surface area contributed by atoms with E-state index in [0.717, 1.165) is 32.4 Å². The summed E-state index contributed by atoms with van der Waals surface area (Å²) in [6, 6.07) is 0.494. The lowest BCUT2D eigenvalue weighted by Crippen LogP contribution is -2.61. The number of nitrogens with one attached hydrogen (secondary N) is 1. The molecule has 1 aliphatic heterocycles. The van der Waals surface area contributed by atoms with Crippen LogP contribution < -0.4 is 5.32 Å². The van der Waals surface area contributed by atoms with E-state index >= 15 is 0 Å². The lowest BCUT2D eigenvalue weighted by atomic mass is 9.64. The zero-order chi connectivity index (χ0) is 15.7. The number of ether oxygens (including phenoxy) is 1. The lowest BCUT2D eigenvalue weighted by molar-refractivity contribution is -0.124. The minimum atomic E-state index is -2.74. The number of sulfone groups is 1. The van der Waals surface area contributed by atoms with Gasteiger partial charge in [0.05, 0.1) is 17.6 Å². The van der Waals surface area contributed by atoms with Gasteiger partial charge in [-0.3, -0.25) is 0 Å². The summed E-state index contributed by atoms with van der Waals surface area (Å²) in [6.45, 7) is 10.7.